The highest BCUT2D eigenvalue weighted by molar-refractivity contribution is 6.16. The van der Waals surface area contributed by atoms with Gasteiger partial charge < -0.3 is 15.1 Å². The van der Waals surface area contributed by atoms with Crippen LogP contribution in [0.4, 0.5) is 34.1 Å². The SMILES string of the molecule is CCN(CC)c1ccc2c(c1)Nc1cc(N(CC)CC)ccc1N2C(=O)c1ccccc1. The summed E-state index contributed by atoms with van der Waals surface area (Å²) in [6, 6.07) is 22.1. The van der Waals surface area contributed by atoms with Crippen molar-refractivity contribution in [2.45, 2.75) is 27.7 Å². The summed E-state index contributed by atoms with van der Waals surface area (Å²) in [6.45, 7) is 12.4. The maximum atomic E-state index is 13.7. The Bertz CT molecular complexity index is 1030. The van der Waals surface area contributed by atoms with Crippen LogP contribution in [0.1, 0.15) is 38.1 Å². The Balaban J connectivity index is 1.85. The van der Waals surface area contributed by atoms with Crippen molar-refractivity contribution in [3.05, 3.63) is 72.3 Å². The topological polar surface area (TPSA) is 38.8 Å². The molecule has 32 heavy (non-hydrogen) atoms. The van der Waals surface area contributed by atoms with Gasteiger partial charge in [0.05, 0.1) is 22.7 Å². The molecule has 4 rings (SSSR count). The number of hydrogen-bond donors (Lipinski definition) is 1. The molecule has 0 aliphatic carbocycles. The quantitative estimate of drug-likeness (QED) is 0.472. The molecule has 1 amide bonds. The summed E-state index contributed by atoms with van der Waals surface area (Å²) in [4.78, 5) is 20.1. The number of benzene rings is 3. The normalized spacial score (nSPS) is 11.9. The van der Waals surface area contributed by atoms with Gasteiger partial charge in [0.15, 0.2) is 0 Å². The average molecular weight is 429 g/mol. The predicted molar refractivity (Wildman–Crippen MR) is 136 cm³/mol. The molecule has 0 aromatic heterocycles. The third kappa shape index (κ3) is 3.91. The minimum atomic E-state index is -0.0271. The van der Waals surface area contributed by atoms with Gasteiger partial charge in [-0.15, -0.1) is 0 Å². The molecule has 0 radical (unpaired) electrons. The first-order valence-corrected chi connectivity index (χ1v) is 11.6. The maximum absolute atomic E-state index is 13.7. The van der Waals surface area contributed by atoms with Crippen LogP contribution >= 0.6 is 0 Å². The minimum Gasteiger partial charge on any atom is -0.372 e. The Morgan fingerprint density at radius 1 is 0.719 bits per heavy atom. The van der Waals surface area contributed by atoms with Crippen LogP contribution in [0.2, 0.25) is 0 Å². The Kier molecular flexibility index (Phi) is 6.35. The van der Waals surface area contributed by atoms with E-state index in [2.05, 4.69) is 79.2 Å². The minimum absolute atomic E-state index is 0.0271. The molecule has 0 atom stereocenters. The standard InChI is InChI=1S/C27H32N4O/c1-5-29(6-2)21-14-16-25-23(18-21)28-24-19-22(30(7-3)8-4)15-17-26(24)31(25)27(32)20-12-10-9-11-13-20/h9-19,28H,5-8H2,1-4H3. The Hall–Kier alpha value is -3.47. The maximum Gasteiger partial charge on any atom is 0.262 e. The lowest BCUT2D eigenvalue weighted by atomic mass is 10.1. The van der Waals surface area contributed by atoms with Gasteiger partial charge in [-0.3, -0.25) is 9.69 Å². The zero-order valence-electron chi connectivity index (χ0n) is 19.4. The van der Waals surface area contributed by atoms with E-state index in [1.54, 1.807) is 0 Å². The lowest BCUT2D eigenvalue weighted by Gasteiger charge is -2.34. The summed E-state index contributed by atoms with van der Waals surface area (Å²) < 4.78 is 0. The van der Waals surface area contributed by atoms with Crippen molar-refractivity contribution in [2.75, 3.05) is 46.2 Å². The molecule has 1 aliphatic rings. The first-order valence-electron chi connectivity index (χ1n) is 11.6. The van der Waals surface area contributed by atoms with Crippen LogP contribution in [0.3, 0.4) is 0 Å². The number of rotatable bonds is 7. The Labute approximate surface area is 191 Å². The Morgan fingerprint density at radius 3 is 1.62 bits per heavy atom. The lowest BCUT2D eigenvalue weighted by molar-refractivity contribution is 0.0999. The molecule has 3 aromatic carbocycles. The summed E-state index contributed by atoms with van der Waals surface area (Å²) in [7, 11) is 0. The first-order chi connectivity index (χ1) is 15.6. The summed E-state index contributed by atoms with van der Waals surface area (Å²) in [5.74, 6) is -0.0271. The molecular formula is C27H32N4O. The van der Waals surface area contributed by atoms with E-state index in [9.17, 15) is 4.79 Å². The number of hydrogen-bond acceptors (Lipinski definition) is 4. The molecule has 5 nitrogen and oxygen atoms in total. The zero-order chi connectivity index (χ0) is 22.7. The molecule has 0 spiro atoms. The second-order valence-electron chi connectivity index (χ2n) is 7.88. The van der Waals surface area contributed by atoms with Gasteiger partial charge in [-0.1, -0.05) is 18.2 Å². The highest BCUT2D eigenvalue weighted by Crippen LogP contribution is 2.46. The smallest absolute Gasteiger partial charge is 0.262 e. The van der Waals surface area contributed by atoms with Crippen molar-refractivity contribution in [1.29, 1.82) is 0 Å². The summed E-state index contributed by atoms with van der Waals surface area (Å²) in [5.41, 5.74) is 6.61. The number of carbonyl (C=O) groups is 1. The number of nitrogens with one attached hydrogen (secondary N) is 1. The molecule has 0 unspecified atom stereocenters. The van der Waals surface area contributed by atoms with Crippen LogP contribution in [-0.2, 0) is 0 Å². The van der Waals surface area contributed by atoms with Crippen molar-refractivity contribution < 1.29 is 4.79 Å². The van der Waals surface area contributed by atoms with Crippen LogP contribution in [0, 0.1) is 0 Å². The molecule has 1 N–H and O–H groups in total. The molecule has 166 valence electrons. The van der Waals surface area contributed by atoms with E-state index < -0.39 is 0 Å². The van der Waals surface area contributed by atoms with E-state index in [4.69, 9.17) is 0 Å². The van der Waals surface area contributed by atoms with Crippen LogP contribution in [0.15, 0.2) is 66.7 Å². The van der Waals surface area contributed by atoms with Crippen molar-refractivity contribution in [1.82, 2.24) is 0 Å². The molecule has 1 heterocycles. The van der Waals surface area contributed by atoms with Gasteiger partial charge in [0.1, 0.15) is 0 Å². The van der Waals surface area contributed by atoms with Gasteiger partial charge in [0, 0.05) is 43.1 Å². The van der Waals surface area contributed by atoms with E-state index in [-0.39, 0.29) is 5.91 Å². The average Bonchev–Trinajstić information content (AvgIpc) is 2.84. The van der Waals surface area contributed by atoms with E-state index in [0.717, 1.165) is 60.3 Å². The number of amides is 1. The largest absolute Gasteiger partial charge is 0.372 e. The first kappa shape index (κ1) is 21.8. The van der Waals surface area contributed by atoms with E-state index in [1.165, 1.54) is 0 Å². The highest BCUT2D eigenvalue weighted by atomic mass is 16.2. The van der Waals surface area contributed by atoms with E-state index in [1.807, 2.05) is 35.2 Å². The number of fused-ring (bicyclic) bond motifs is 2. The molecule has 3 aromatic rings. The molecule has 0 saturated carbocycles. The van der Waals surface area contributed by atoms with E-state index >= 15 is 0 Å². The second-order valence-corrected chi connectivity index (χ2v) is 7.88. The molecule has 0 saturated heterocycles. The summed E-state index contributed by atoms with van der Waals surface area (Å²) in [6.07, 6.45) is 0. The van der Waals surface area contributed by atoms with Gasteiger partial charge in [-0.2, -0.15) is 0 Å². The van der Waals surface area contributed by atoms with Gasteiger partial charge in [-0.05, 0) is 76.2 Å². The van der Waals surface area contributed by atoms with Crippen LogP contribution in [-0.4, -0.2) is 32.1 Å². The monoisotopic (exact) mass is 428 g/mol. The van der Waals surface area contributed by atoms with Crippen molar-refractivity contribution in [2.24, 2.45) is 0 Å². The molecular weight excluding hydrogens is 396 g/mol. The van der Waals surface area contributed by atoms with Crippen LogP contribution < -0.4 is 20.0 Å². The highest BCUT2D eigenvalue weighted by Gasteiger charge is 2.29. The fraction of sp³-hybridized carbons (Fsp3) is 0.296. The van der Waals surface area contributed by atoms with Gasteiger partial charge in [0.25, 0.3) is 5.91 Å². The van der Waals surface area contributed by atoms with Crippen molar-refractivity contribution in [3.63, 3.8) is 0 Å². The van der Waals surface area contributed by atoms with Crippen LogP contribution in [0.25, 0.3) is 0 Å². The van der Waals surface area contributed by atoms with E-state index in [0.29, 0.717) is 5.56 Å². The lowest BCUT2D eigenvalue weighted by Crippen LogP contribution is -2.30. The summed E-state index contributed by atoms with van der Waals surface area (Å²) >= 11 is 0. The molecule has 5 heteroatoms. The van der Waals surface area contributed by atoms with Crippen LogP contribution in [0.5, 0.6) is 0 Å². The molecule has 0 fully saturated rings. The summed E-state index contributed by atoms with van der Waals surface area (Å²) in [5, 5.41) is 3.62. The van der Waals surface area contributed by atoms with Crippen molar-refractivity contribution in [3.8, 4) is 0 Å². The predicted octanol–water partition coefficient (Wildman–Crippen LogP) is 6.41. The van der Waals surface area contributed by atoms with Gasteiger partial charge in [-0.25, -0.2) is 0 Å². The zero-order valence-corrected chi connectivity index (χ0v) is 19.4. The third-order valence-electron chi connectivity index (χ3n) is 6.19. The Morgan fingerprint density at radius 2 is 1.19 bits per heavy atom. The van der Waals surface area contributed by atoms with Crippen molar-refractivity contribution >= 4 is 40.0 Å². The molecule has 0 bridgehead atoms. The van der Waals surface area contributed by atoms with Gasteiger partial charge in [0.2, 0.25) is 0 Å². The third-order valence-corrected chi connectivity index (χ3v) is 6.19. The fourth-order valence-corrected chi connectivity index (χ4v) is 4.41. The number of anilines is 6. The van der Waals surface area contributed by atoms with Gasteiger partial charge >= 0.3 is 0 Å². The number of nitrogens with zero attached hydrogens (tertiary/aromatic N) is 3. The number of carbonyl (C=O) groups excluding carboxylic acids is 1. The molecule has 1 aliphatic heterocycles. The fourth-order valence-electron chi connectivity index (χ4n) is 4.41. The second kappa shape index (κ2) is 9.35.